The maximum absolute atomic E-state index is 11.9. The number of imide groups is 1. The van der Waals surface area contributed by atoms with Crippen LogP contribution in [-0.4, -0.2) is 16.8 Å². The summed E-state index contributed by atoms with van der Waals surface area (Å²) in [6.45, 7) is 9.17. The molecule has 0 atom stereocenters. The van der Waals surface area contributed by atoms with Crippen LogP contribution >= 0.6 is 0 Å². The van der Waals surface area contributed by atoms with Gasteiger partial charge in [-0.05, 0) is 13.8 Å². The van der Waals surface area contributed by atoms with E-state index in [1.807, 2.05) is 20.8 Å². The Kier molecular flexibility index (Phi) is 2.65. The smallest absolute Gasteiger partial charge is 0.311 e. The molecule has 5 heteroatoms. The van der Waals surface area contributed by atoms with E-state index in [0.29, 0.717) is 16.9 Å². The lowest BCUT2D eigenvalue weighted by Crippen LogP contribution is -2.31. The summed E-state index contributed by atoms with van der Waals surface area (Å²) in [4.78, 5) is 28.9. The molecule has 0 aliphatic carbocycles. The Morgan fingerprint density at radius 2 is 1.61 bits per heavy atom. The Balaban J connectivity index is 2.38. The van der Waals surface area contributed by atoms with Crippen molar-refractivity contribution < 1.29 is 14.0 Å². The molecule has 0 fully saturated rings. The van der Waals surface area contributed by atoms with Gasteiger partial charge >= 0.3 is 6.01 Å². The molecule has 0 unspecified atom stereocenters. The maximum Gasteiger partial charge on any atom is 0.311 e. The average Bonchev–Trinajstić information content (AvgIpc) is 2.81. The molecule has 0 N–H and O–H groups in total. The van der Waals surface area contributed by atoms with Crippen molar-refractivity contribution >= 4 is 17.8 Å². The lowest BCUT2D eigenvalue weighted by molar-refractivity contribution is -0.120. The van der Waals surface area contributed by atoms with Gasteiger partial charge in [-0.15, -0.1) is 0 Å². The molecular formula is C13H16N2O3. The summed E-state index contributed by atoms with van der Waals surface area (Å²) in [5.74, 6) is -0.0834. The number of carbonyl (C=O) groups is 2. The number of amides is 2. The van der Waals surface area contributed by atoms with Crippen molar-refractivity contribution in [3.63, 3.8) is 0 Å². The van der Waals surface area contributed by atoms with Crippen LogP contribution in [0.3, 0.4) is 0 Å². The summed E-state index contributed by atoms with van der Waals surface area (Å²) in [5.41, 5.74) is 0.667. The van der Waals surface area contributed by atoms with Gasteiger partial charge in [-0.2, -0.15) is 4.90 Å². The van der Waals surface area contributed by atoms with Gasteiger partial charge in [0.05, 0.1) is 6.20 Å². The van der Waals surface area contributed by atoms with Crippen molar-refractivity contribution in [3.8, 4) is 0 Å². The quantitative estimate of drug-likeness (QED) is 0.714. The largest absolute Gasteiger partial charge is 0.427 e. The lowest BCUT2D eigenvalue weighted by atomic mass is 9.94. The Morgan fingerprint density at radius 3 is 2.00 bits per heavy atom. The van der Waals surface area contributed by atoms with E-state index in [1.165, 1.54) is 0 Å². The van der Waals surface area contributed by atoms with Gasteiger partial charge in [-0.1, -0.05) is 20.8 Å². The summed E-state index contributed by atoms with van der Waals surface area (Å²) < 4.78 is 5.52. The predicted octanol–water partition coefficient (Wildman–Crippen LogP) is 2.18. The molecule has 2 rings (SSSR count). The molecule has 0 aromatic carbocycles. The molecule has 18 heavy (non-hydrogen) atoms. The second kappa shape index (κ2) is 3.80. The van der Waals surface area contributed by atoms with Crippen molar-refractivity contribution in [2.24, 2.45) is 0 Å². The molecule has 1 aromatic heterocycles. The fourth-order valence-corrected chi connectivity index (χ4v) is 1.64. The van der Waals surface area contributed by atoms with E-state index in [4.69, 9.17) is 4.42 Å². The van der Waals surface area contributed by atoms with Crippen molar-refractivity contribution in [1.29, 1.82) is 0 Å². The first kappa shape index (κ1) is 12.5. The van der Waals surface area contributed by atoms with Crippen LogP contribution in [0.15, 0.2) is 21.8 Å². The van der Waals surface area contributed by atoms with Gasteiger partial charge in [0.15, 0.2) is 0 Å². The average molecular weight is 248 g/mol. The monoisotopic (exact) mass is 248 g/mol. The zero-order valence-corrected chi connectivity index (χ0v) is 11.2. The van der Waals surface area contributed by atoms with Gasteiger partial charge in [0, 0.05) is 16.6 Å². The number of hydrogen-bond donors (Lipinski definition) is 0. The molecule has 0 bridgehead atoms. The molecule has 0 saturated heterocycles. The summed E-state index contributed by atoms with van der Waals surface area (Å²) in [6.07, 6.45) is 1.55. The molecule has 1 aliphatic heterocycles. The number of oxazole rings is 1. The van der Waals surface area contributed by atoms with Crippen molar-refractivity contribution in [1.82, 2.24) is 4.98 Å². The molecule has 1 aromatic rings. The van der Waals surface area contributed by atoms with Crippen LogP contribution in [0.5, 0.6) is 0 Å². The highest BCUT2D eigenvalue weighted by atomic mass is 16.4. The third-order valence-electron chi connectivity index (χ3n) is 3.03. The van der Waals surface area contributed by atoms with E-state index in [0.717, 1.165) is 4.90 Å². The van der Waals surface area contributed by atoms with E-state index in [2.05, 4.69) is 4.98 Å². The predicted molar refractivity (Wildman–Crippen MR) is 66.1 cm³/mol. The highest BCUT2D eigenvalue weighted by molar-refractivity contribution is 6.31. The first-order valence-corrected chi connectivity index (χ1v) is 5.76. The van der Waals surface area contributed by atoms with Crippen LogP contribution in [0.1, 0.15) is 40.4 Å². The number of hydrogen-bond acceptors (Lipinski definition) is 4. The van der Waals surface area contributed by atoms with Gasteiger partial charge in [-0.25, -0.2) is 4.98 Å². The number of aromatic nitrogens is 1. The molecule has 96 valence electrons. The molecule has 1 aliphatic rings. The summed E-state index contributed by atoms with van der Waals surface area (Å²) in [7, 11) is 0. The van der Waals surface area contributed by atoms with E-state index < -0.39 is 0 Å². The SMILES string of the molecule is CC1=C(C)C(=O)N(c2ncc(C(C)(C)C)o2)C1=O. The second-order valence-electron chi connectivity index (χ2n) is 5.45. The summed E-state index contributed by atoms with van der Waals surface area (Å²) in [6, 6.07) is 0.0473. The fraction of sp³-hybridized carbons (Fsp3) is 0.462. The number of carbonyl (C=O) groups excluding carboxylic acids is 2. The van der Waals surface area contributed by atoms with Gasteiger partial charge in [-0.3, -0.25) is 9.59 Å². The zero-order chi connectivity index (χ0) is 13.7. The summed E-state index contributed by atoms with van der Waals surface area (Å²) >= 11 is 0. The van der Waals surface area contributed by atoms with Crippen molar-refractivity contribution in [3.05, 3.63) is 23.1 Å². The van der Waals surface area contributed by atoms with Crippen LogP contribution in [0.4, 0.5) is 6.01 Å². The topological polar surface area (TPSA) is 63.4 Å². The minimum atomic E-state index is -0.361. The van der Waals surface area contributed by atoms with Gasteiger partial charge in [0.25, 0.3) is 11.8 Å². The Labute approximate surface area is 105 Å². The Hall–Kier alpha value is -1.91. The van der Waals surface area contributed by atoms with E-state index in [9.17, 15) is 9.59 Å². The van der Waals surface area contributed by atoms with E-state index >= 15 is 0 Å². The van der Waals surface area contributed by atoms with Crippen molar-refractivity contribution in [2.45, 2.75) is 40.0 Å². The Morgan fingerprint density at radius 1 is 1.11 bits per heavy atom. The summed E-state index contributed by atoms with van der Waals surface area (Å²) in [5, 5.41) is 0. The van der Waals surface area contributed by atoms with Crippen LogP contribution in [-0.2, 0) is 15.0 Å². The van der Waals surface area contributed by atoms with E-state index in [-0.39, 0.29) is 23.2 Å². The fourth-order valence-electron chi connectivity index (χ4n) is 1.64. The van der Waals surface area contributed by atoms with E-state index in [1.54, 1.807) is 20.0 Å². The minimum Gasteiger partial charge on any atom is -0.427 e. The van der Waals surface area contributed by atoms with Crippen LogP contribution in [0.25, 0.3) is 0 Å². The van der Waals surface area contributed by atoms with Crippen LogP contribution < -0.4 is 4.90 Å². The lowest BCUT2D eigenvalue weighted by Gasteiger charge is -2.14. The molecule has 0 spiro atoms. The van der Waals surface area contributed by atoms with Crippen LogP contribution in [0, 0.1) is 0 Å². The molecule has 2 heterocycles. The molecule has 2 amide bonds. The van der Waals surface area contributed by atoms with Gasteiger partial charge in [0.2, 0.25) is 0 Å². The first-order chi connectivity index (χ1) is 8.23. The molecular weight excluding hydrogens is 232 g/mol. The number of anilines is 1. The molecule has 0 saturated carbocycles. The highest BCUT2D eigenvalue weighted by Crippen LogP contribution is 2.30. The normalized spacial score (nSPS) is 17.1. The first-order valence-electron chi connectivity index (χ1n) is 5.76. The number of rotatable bonds is 1. The van der Waals surface area contributed by atoms with Gasteiger partial charge < -0.3 is 4.42 Å². The van der Waals surface area contributed by atoms with Crippen molar-refractivity contribution in [2.75, 3.05) is 4.90 Å². The maximum atomic E-state index is 11.9. The molecule has 0 radical (unpaired) electrons. The van der Waals surface area contributed by atoms with Gasteiger partial charge in [0.1, 0.15) is 5.76 Å². The second-order valence-corrected chi connectivity index (χ2v) is 5.45. The third-order valence-corrected chi connectivity index (χ3v) is 3.03. The third kappa shape index (κ3) is 1.75. The van der Waals surface area contributed by atoms with Crippen LogP contribution in [0.2, 0.25) is 0 Å². The standard InChI is InChI=1S/C13H16N2O3/c1-7-8(2)11(17)15(10(7)16)12-14-6-9(18-12)13(3,4)5/h6H,1-5H3. The molecule has 5 nitrogen and oxygen atoms in total. The highest BCUT2D eigenvalue weighted by Gasteiger charge is 2.38. The minimum absolute atomic E-state index is 0.0473. The Bertz CT molecular complexity index is 537. The number of nitrogens with zero attached hydrogens (tertiary/aromatic N) is 2. The zero-order valence-electron chi connectivity index (χ0n) is 11.2.